The van der Waals surface area contributed by atoms with Gasteiger partial charge in [-0.2, -0.15) is 0 Å². The van der Waals surface area contributed by atoms with E-state index in [0.717, 1.165) is 21.9 Å². The third-order valence-corrected chi connectivity index (χ3v) is 8.51. The summed E-state index contributed by atoms with van der Waals surface area (Å²) < 4.78 is 28.7. The van der Waals surface area contributed by atoms with Crippen molar-refractivity contribution in [3.63, 3.8) is 0 Å². The van der Waals surface area contributed by atoms with Crippen molar-refractivity contribution in [3.8, 4) is 0 Å². The lowest BCUT2D eigenvalue weighted by Crippen LogP contribution is -2.52. The standard InChI is InChI=1S/C29H33Cl2N3O4S/c1-4-15-32-29(36)27(5-2)33(19-22-12-10-9-11-21(22)3)28(35)20-34(25-17-23(30)16-24(31)18-25)39(37,38)26-13-7-6-8-14-26/h6-14,16-18,27H,4-5,15,19-20H2,1-3H3,(H,32,36)/t27-/m1/s1. The molecule has 1 N–H and O–H groups in total. The van der Waals surface area contributed by atoms with Crippen molar-refractivity contribution < 1.29 is 18.0 Å². The molecule has 1 atom stereocenters. The molecule has 0 bridgehead atoms. The van der Waals surface area contributed by atoms with Crippen LogP contribution in [0.4, 0.5) is 5.69 Å². The maximum atomic E-state index is 14.0. The van der Waals surface area contributed by atoms with Crippen LogP contribution in [0.15, 0.2) is 77.7 Å². The smallest absolute Gasteiger partial charge is 0.264 e. The highest BCUT2D eigenvalue weighted by Crippen LogP contribution is 2.30. The Morgan fingerprint density at radius 3 is 2.13 bits per heavy atom. The molecule has 0 unspecified atom stereocenters. The molecule has 0 saturated carbocycles. The zero-order valence-corrected chi connectivity index (χ0v) is 24.6. The minimum absolute atomic E-state index is 0.00656. The van der Waals surface area contributed by atoms with Crippen molar-refractivity contribution in [1.29, 1.82) is 0 Å². The van der Waals surface area contributed by atoms with Crippen LogP contribution >= 0.6 is 23.2 Å². The molecule has 0 radical (unpaired) electrons. The van der Waals surface area contributed by atoms with E-state index in [-0.39, 0.29) is 33.1 Å². The predicted molar refractivity (Wildman–Crippen MR) is 157 cm³/mol. The molecule has 208 valence electrons. The number of aryl methyl sites for hydroxylation is 1. The fraction of sp³-hybridized carbons (Fsp3) is 0.310. The fourth-order valence-corrected chi connectivity index (χ4v) is 6.12. The normalized spacial score (nSPS) is 12.0. The first-order valence-electron chi connectivity index (χ1n) is 12.7. The molecule has 0 spiro atoms. The Bertz CT molecular complexity index is 1380. The van der Waals surface area contributed by atoms with E-state index < -0.39 is 28.5 Å². The second-order valence-electron chi connectivity index (χ2n) is 9.12. The molecule has 0 aliphatic heterocycles. The number of nitrogens with zero attached hydrogens (tertiary/aromatic N) is 2. The van der Waals surface area contributed by atoms with Crippen molar-refractivity contribution in [2.45, 2.75) is 51.1 Å². The Hall–Kier alpha value is -3.07. The van der Waals surface area contributed by atoms with E-state index >= 15 is 0 Å². The summed E-state index contributed by atoms with van der Waals surface area (Å²) in [5, 5.41) is 3.32. The molecule has 0 aliphatic rings. The van der Waals surface area contributed by atoms with Gasteiger partial charge in [0.25, 0.3) is 10.0 Å². The lowest BCUT2D eigenvalue weighted by molar-refractivity contribution is -0.140. The van der Waals surface area contributed by atoms with Gasteiger partial charge in [-0.1, -0.05) is 79.5 Å². The van der Waals surface area contributed by atoms with Crippen LogP contribution < -0.4 is 9.62 Å². The van der Waals surface area contributed by atoms with Gasteiger partial charge in [-0.25, -0.2) is 8.42 Å². The van der Waals surface area contributed by atoms with Gasteiger partial charge in [0.1, 0.15) is 12.6 Å². The van der Waals surface area contributed by atoms with Gasteiger partial charge in [0.15, 0.2) is 0 Å². The number of hydrogen-bond donors (Lipinski definition) is 1. The first-order chi connectivity index (χ1) is 18.6. The first-order valence-corrected chi connectivity index (χ1v) is 14.9. The topological polar surface area (TPSA) is 86.8 Å². The second kappa shape index (κ2) is 13.8. The number of anilines is 1. The quantitative estimate of drug-likeness (QED) is 0.288. The van der Waals surface area contributed by atoms with E-state index in [2.05, 4.69) is 5.32 Å². The lowest BCUT2D eigenvalue weighted by atomic mass is 10.1. The molecule has 7 nitrogen and oxygen atoms in total. The SMILES string of the molecule is CCCNC(=O)[C@@H](CC)N(Cc1ccccc1C)C(=O)CN(c1cc(Cl)cc(Cl)c1)S(=O)(=O)c1ccccc1. The van der Waals surface area contributed by atoms with Gasteiger partial charge in [-0.05, 0) is 61.2 Å². The zero-order valence-electron chi connectivity index (χ0n) is 22.2. The molecule has 0 fully saturated rings. The van der Waals surface area contributed by atoms with Crippen LogP contribution in [0.1, 0.15) is 37.8 Å². The summed E-state index contributed by atoms with van der Waals surface area (Å²) in [6.45, 7) is 5.74. The van der Waals surface area contributed by atoms with Crippen LogP contribution in [-0.2, 0) is 26.2 Å². The molecule has 0 saturated heterocycles. The lowest BCUT2D eigenvalue weighted by Gasteiger charge is -2.33. The average Bonchev–Trinajstić information content (AvgIpc) is 2.91. The molecule has 3 aromatic carbocycles. The molecule has 2 amide bonds. The van der Waals surface area contributed by atoms with Gasteiger partial charge < -0.3 is 10.2 Å². The number of benzene rings is 3. The third-order valence-electron chi connectivity index (χ3n) is 6.28. The van der Waals surface area contributed by atoms with Crippen LogP contribution in [0.25, 0.3) is 0 Å². The van der Waals surface area contributed by atoms with Crippen molar-refractivity contribution >= 4 is 50.7 Å². The number of sulfonamides is 1. The monoisotopic (exact) mass is 589 g/mol. The average molecular weight is 591 g/mol. The molecule has 0 heterocycles. The van der Waals surface area contributed by atoms with E-state index in [1.54, 1.807) is 18.2 Å². The van der Waals surface area contributed by atoms with E-state index in [1.807, 2.05) is 45.0 Å². The third kappa shape index (κ3) is 7.75. The summed E-state index contributed by atoms with van der Waals surface area (Å²) in [6.07, 6.45) is 1.09. The van der Waals surface area contributed by atoms with Crippen LogP contribution in [0.5, 0.6) is 0 Å². The summed E-state index contributed by atoms with van der Waals surface area (Å²) >= 11 is 12.4. The van der Waals surface area contributed by atoms with Gasteiger partial charge in [0, 0.05) is 23.1 Å². The Morgan fingerprint density at radius 2 is 1.54 bits per heavy atom. The van der Waals surface area contributed by atoms with Gasteiger partial charge in [0.05, 0.1) is 10.6 Å². The highest BCUT2D eigenvalue weighted by Gasteiger charge is 2.34. The highest BCUT2D eigenvalue weighted by molar-refractivity contribution is 7.92. The van der Waals surface area contributed by atoms with Gasteiger partial charge >= 0.3 is 0 Å². The summed E-state index contributed by atoms with van der Waals surface area (Å²) in [4.78, 5) is 28.6. The minimum Gasteiger partial charge on any atom is -0.354 e. The highest BCUT2D eigenvalue weighted by atomic mass is 35.5. The molecule has 3 aromatic rings. The minimum atomic E-state index is -4.20. The van der Waals surface area contributed by atoms with E-state index in [0.29, 0.717) is 13.0 Å². The summed E-state index contributed by atoms with van der Waals surface area (Å²) in [6, 6.07) is 19.0. The van der Waals surface area contributed by atoms with Crippen molar-refractivity contribution in [3.05, 3.63) is 94.0 Å². The Morgan fingerprint density at radius 1 is 0.923 bits per heavy atom. The molecule has 3 rings (SSSR count). The Kier molecular flexibility index (Phi) is 10.8. The summed E-state index contributed by atoms with van der Waals surface area (Å²) in [5.41, 5.74) is 1.95. The van der Waals surface area contributed by atoms with E-state index in [4.69, 9.17) is 23.2 Å². The largest absolute Gasteiger partial charge is 0.354 e. The Labute approximate surface area is 240 Å². The number of nitrogens with one attached hydrogen (secondary N) is 1. The predicted octanol–water partition coefficient (Wildman–Crippen LogP) is 5.83. The molecule has 0 aliphatic carbocycles. The molecular formula is C29H33Cl2N3O4S. The van der Waals surface area contributed by atoms with Crippen LogP contribution in [0.3, 0.4) is 0 Å². The zero-order chi connectivity index (χ0) is 28.6. The van der Waals surface area contributed by atoms with Crippen LogP contribution in [0, 0.1) is 6.92 Å². The number of rotatable bonds is 12. The van der Waals surface area contributed by atoms with Crippen LogP contribution in [-0.4, -0.2) is 44.3 Å². The van der Waals surface area contributed by atoms with E-state index in [9.17, 15) is 18.0 Å². The first kappa shape index (κ1) is 30.5. The number of hydrogen-bond acceptors (Lipinski definition) is 4. The fourth-order valence-electron chi connectivity index (χ4n) is 4.19. The van der Waals surface area contributed by atoms with Gasteiger partial charge in [0.2, 0.25) is 11.8 Å². The summed E-state index contributed by atoms with van der Waals surface area (Å²) in [7, 11) is -4.20. The molecule has 0 aromatic heterocycles. The van der Waals surface area contributed by atoms with Crippen molar-refractivity contribution in [2.75, 3.05) is 17.4 Å². The van der Waals surface area contributed by atoms with Gasteiger partial charge in [-0.3, -0.25) is 13.9 Å². The van der Waals surface area contributed by atoms with Crippen molar-refractivity contribution in [2.24, 2.45) is 0 Å². The number of carbonyl (C=O) groups is 2. The number of amides is 2. The second-order valence-corrected chi connectivity index (χ2v) is 11.9. The number of halogens is 2. The number of carbonyl (C=O) groups excluding carboxylic acids is 2. The Balaban J connectivity index is 2.08. The van der Waals surface area contributed by atoms with Gasteiger partial charge in [-0.15, -0.1) is 0 Å². The maximum Gasteiger partial charge on any atom is 0.264 e. The maximum absolute atomic E-state index is 14.0. The van der Waals surface area contributed by atoms with E-state index in [1.165, 1.54) is 35.2 Å². The molecule has 39 heavy (non-hydrogen) atoms. The van der Waals surface area contributed by atoms with Crippen LogP contribution in [0.2, 0.25) is 10.0 Å². The summed E-state index contributed by atoms with van der Waals surface area (Å²) in [5.74, 6) is -0.822. The molecular weight excluding hydrogens is 557 g/mol. The van der Waals surface area contributed by atoms with Crippen molar-refractivity contribution in [1.82, 2.24) is 10.2 Å². The molecule has 10 heteroatoms.